The van der Waals surface area contributed by atoms with Gasteiger partial charge in [-0.15, -0.1) is 0 Å². The van der Waals surface area contributed by atoms with E-state index in [-0.39, 0.29) is 11.5 Å². The van der Waals surface area contributed by atoms with Crippen molar-refractivity contribution in [3.63, 3.8) is 0 Å². The molecule has 0 bridgehead atoms. The summed E-state index contributed by atoms with van der Waals surface area (Å²) in [4.78, 5) is 0. The number of phenols is 2. The Kier molecular flexibility index (Phi) is 5.35. The van der Waals surface area contributed by atoms with Crippen LogP contribution >= 0.6 is 0 Å². The van der Waals surface area contributed by atoms with Crippen molar-refractivity contribution >= 4 is 22.9 Å². The van der Waals surface area contributed by atoms with E-state index in [2.05, 4.69) is 97.1 Å². The third-order valence-corrected chi connectivity index (χ3v) is 7.96. The summed E-state index contributed by atoms with van der Waals surface area (Å²) < 4.78 is 0. The van der Waals surface area contributed by atoms with E-state index in [1.807, 2.05) is 24.3 Å². The molecule has 0 fully saturated rings. The van der Waals surface area contributed by atoms with Crippen LogP contribution < -0.4 is 0 Å². The van der Waals surface area contributed by atoms with E-state index >= 15 is 0 Å². The first-order valence-electron chi connectivity index (χ1n) is 13.1. The molecule has 2 aliphatic carbocycles. The predicted octanol–water partition coefficient (Wildman–Crippen LogP) is 8.78. The summed E-state index contributed by atoms with van der Waals surface area (Å²) in [5.41, 5.74) is 9.24. The minimum atomic E-state index is -0.491. The third-order valence-electron chi connectivity index (χ3n) is 7.96. The maximum atomic E-state index is 9.85. The van der Waals surface area contributed by atoms with Gasteiger partial charge in [-0.05, 0) is 79.5 Å². The Balaban J connectivity index is 0.000000174. The lowest BCUT2D eigenvalue weighted by molar-refractivity contribution is 0.475. The monoisotopic (exact) mass is 502 g/mol. The highest BCUT2D eigenvalue weighted by Gasteiger charge is 2.45. The van der Waals surface area contributed by atoms with Crippen LogP contribution in [-0.2, 0) is 5.41 Å². The van der Waals surface area contributed by atoms with Gasteiger partial charge in [0.15, 0.2) is 0 Å². The molecule has 8 rings (SSSR count). The number of hydrogen-bond acceptors (Lipinski definition) is 2. The molecule has 39 heavy (non-hydrogen) atoms. The summed E-state index contributed by atoms with van der Waals surface area (Å²) in [7, 11) is 0. The minimum Gasteiger partial charge on any atom is -0.508 e. The summed E-state index contributed by atoms with van der Waals surface area (Å²) in [5.74, 6) is 0.498. The maximum absolute atomic E-state index is 9.85. The van der Waals surface area contributed by atoms with Crippen molar-refractivity contribution in [1.82, 2.24) is 0 Å². The standard InChI is InChI=1S/C25H18O2.C12H8/c26-19-13-9-17(10-14-19)25(18-11-15-20(27)16-12-18)23-7-3-1-5-21(23)22-6-2-4-8-24(22)25;1-3-9-4-2-6-11-8-7-10(5-1)12(9)11/h1-16,26-27H;1-8H. The van der Waals surface area contributed by atoms with Gasteiger partial charge in [-0.2, -0.15) is 0 Å². The normalized spacial score (nSPS) is 13.4. The Morgan fingerprint density at radius 3 is 1.31 bits per heavy atom. The topological polar surface area (TPSA) is 40.5 Å². The van der Waals surface area contributed by atoms with Gasteiger partial charge >= 0.3 is 0 Å². The van der Waals surface area contributed by atoms with Gasteiger partial charge in [0.2, 0.25) is 0 Å². The van der Waals surface area contributed by atoms with Crippen molar-refractivity contribution in [3.05, 3.63) is 167 Å². The number of rotatable bonds is 2. The van der Waals surface area contributed by atoms with Crippen molar-refractivity contribution in [2.75, 3.05) is 0 Å². The molecule has 0 heterocycles. The summed E-state index contributed by atoms with van der Waals surface area (Å²) in [6.45, 7) is 0. The van der Waals surface area contributed by atoms with Gasteiger partial charge in [-0.1, -0.05) is 121 Å². The largest absolute Gasteiger partial charge is 0.508 e. The van der Waals surface area contributed by atoms with Crippen LogP contribution in [0.25, 0.3) is 34.1 Å². The summed E-state index contributed by atoms with van der Waals surface area (Å²) in [6, 6.07) is 44.7. The lowest BCUT2D eigenvalue weighted by atomic mass is 9.68. The Morgan fingerprint density at radius 1 is 0.410 bits per heavy atom. The Hall–Kier alpha value is -5.08. The Labute approximate surface area is 227 Å². The van der Waals surface area contributed by atoms with Crippen LogP contribution in [0.1, 0.15) is 33.4 Å². The Morgan fingerprint density at radius 2 is 0.846 bits per heavy atom. The molecule has 2 aliphatic rings. The highest BCUT2D eigenvalue weighted by Crippen LogP contribution is 2.56. The SMILES string of the molecule is C1=Cc2cccc3cccc1c23.Oc1ccc(C2(c3ccc(O)cc3)c3ccccc3-c3ccccc32)cc1. The van der Waals surface area contributed by atoms with E-state index in [0.29, 0.717) is 0 Å². The molecule has 0 amide bonds. The maximum Gasteiger partial charge on any atom is 0.115 e. The molecule has 0 radical (unpaired) electrons. The molecule has 0 unspecified atom stereocenters. The number of aromatic hydroxyl groups is 2. The smallest absolute Gasteiger partial charge is 0.115 e. The lowest BCUT2D eigenvalue weighted by Crippen LogP contribution is -2.28. The third kappa shape index (κ3) is 3.57. The molecule has 0 atom stereocenters. The van der Waals surface area contributed by atoms with Crippen LogP contribution in [0.3, 0.4) is 0 Å². The second-order valence-corrected chi connectivity index (χ2v) is 10.1. The van der Waals surface area contributed by atoms with Crippen LogP contribution in [0.2, 0.25) is 0 Å². The zero-order valence-corrected chi connectivity index (χ0v) is 21.3. The van der Waals surface area contributed by atoms with E-state index < -0.39 is 5.41 Å². The second-order valence-electron chi connectivity index (χ2n) is 10.1. The van der Waals surface area contributed by atoms with Crippen LogP contribution in [0.5, 0.6) is 11.5 Å². The molecule has 186 valence electrons. The van der Waals surface area contributed by atoms with Gasteiger partial charge < -0.3 is 10.2 Å². The van der Waals surface area contributed by atoms with Crippen LogP contribution in [-0.4, -0.2) is 10.2 Å². The van der Waals surface area contributed by atoms with E-state index in [1.165, 1.54) is 44.2 Å². The molecule has 0 spiro atoms. The van der Waals surface area contributed by atoms with Crippen molar-refractivity contribution in [2.45, 2.75) is 5.41 Å². The zero-order valence-electron chi connectivity index (χ0n) is 21.3. The number of hydrogen-bond donors (Lipinski definition) is 2. The molecule has 6 aromatic carbocycles. The van der Waals surface area contributed by atoms with Gasteiger partial charge in [-0.25, -0.2) is 0 Å². The van der Waals surface area contributed by atoms with Crippen LogP contribution in [0, 0.1) is 0 Å². The molecule has 2 N–H and O–H groups in total. The fraction of sp³-hybridized carbons (Fsp3) is 0.0270. The van der Waals surface area contributed by atoms with Crippen LogP contribution in [0.15, 0.2) is 133 Å². The highest BCUT2D eigenvalue weighted by atomic mass is 16.3. The number of phenolic OH excluding ortho intramolecular Hbond substituents is 2. The molecule has 6 aromatic rings. The highest BCUT2D eigenvalue weighted by molar-refractivity contribution is 6.04. The fourth-order valence-electron chi connectivity index (χ4n) is 6.30. The van der Waals surface area contributed by atoms with E-state index in [4.69, 9.17) is 0 Å². The van der Waals surface area contributed by atoms with Crippen LogP contribution in [0.4, 0.5) is 0 Å². The summed E-state index contributed by atoms with van der Waals surface area (Å²) in [5, 5.41) is 22.4. The zero-order chi connectivity index (χ0) is 26.4. The predicted molar refractivity (Wildman–Crippen MR) is 160 cm³/mol. The van der Waals surface area contributed by atoms with Gasteiger partial charge in [0.05, 0.1) is 5.41 Å². The molecule has 2 nitrogen and oxygen atoms in total. The molecular formula is C37H26O2. The summed E-state index contributed by atoms with van der Waals surface area (Å²) >= 11 is 0. The first-order chi connectivity index (χ1) is 19.2. The molecule has 0 aliphatic heterocycles. The number of fused-ring (bicyclic) bond motifs is 3. The first kappa shape index (κ1) is 23.1. The van der Waals surface area contributed by atoms with E-state index in [0.717, 1.165) is 11.1 Å². The quantitative estimate of drug-likeness (QED) is 0.248. The molecular weight excluding hydrogens is 476 g/mol. The van der Waals surface area contributed by atoms with Crippen molar-refractivity contribution in [2.24, 2.45) is 0 Å². The average Bonchev–Trinajstić information content (AvgIpc) is 3.54. The van der Waals surface area contributed by atoms with Gasteiger partial charge in [0.25, 0.3) is 0 Å². The Bertz CT molecular complexity index is 1730. The average molecular weight is 503 g/mol. The first-order valence-corrected chi connectivity index (χ1v) is 13.1. The number of benzene rings is 6. The van der Waals surface area contributed by atoms with Gasteiger partial charge in [-0.3, -0.25) is 0 Å². The van der Waals surface area contributed by atoms with E-state index in [9.17, 15) is 10.2 Å². The van der Waals surface area contributed by atoms with Gasteiger partial charge in [0.1, 0.15) is 11.5 Å². The second kappa shape index (κ2) is 9.04. The van der Waals surface area contributed by atoms with Gasteiger partial charge in [0, 0.05) is 0 Å². The van der Waals surface area contributed by atoms with Crippen molar-refractivity contribution < 1.29 is 10.2 Å². The lowest BCUT2D eigenvalue weighted by Gasteiger charge is -2.33. The van der Waals surface area contributed by atoms with Crippen molar-refractivity contribution in [3.8, 4) is 22.6 Å². The fourth-order valence-corrected chi connectivity index (χ4v) is 6.30. The minimum absolute atomic E-state index is 0.249. The van der Waals surface area contributed by atoms with Crippen molar-refractivity contribution in [1.29, 1.82) is 0 Å². The molecule has 0 saturated carbocycles. The van der Waals surface area contributed by atoms with E-state index in [1.54, 1.807) is 24.3 Å². The summed E-state index contributed by atoms with van der Waals surface area (Å²) in [6.07, 6.45) is 4.36. The molecule has 0 aromatic heterocycles. The molecule has 2 heteroatoms. The molecule has 0 saturated heterocycles.